The molecule has 2 rings (SSSR count). The van der Waals surface area contributed by atoms with E-state index in [0.717, 1.165) is 16.8 Å². The van der Waals surface area contributed by atoms with Gasteiger partial charge in [-0.3, -0.25) is 0 Å². The fourth-order valence-electron chi connectivity index (χ4n) is 1.34. The molecule has 0 fully saturated rings. The molecule has 3 nitrogen and oxygen atoms in total. The van der Waals surface area contributed by atoms with Crippen LogP contribution in [0.5, 0.6) is 0 Å². The summed E-state index contributed by atoms with van der Waals surface area (Å²) < 4.78 is 26.2. The number of aromatic nitrogens is 2. The van der Waals surface area contributed by atoms with E-state index in [2.05, 4.69) is 31.2 Å². The second-order valence-corrected chi connectivity index (χ2v) is 4.65. The summed E-state index contributed by atoms with van der Waals surface area (Å²) in [6.07, 6.45) is 1.60. The molecule has 0 radical (unpaired) electrons. The molecule has 0 aliphatic rings. The summed E-state index contributed by atoms with van der Waals surface area (Å²) in [5.41, 5.74) is 0.699. The van der Waals surface area contributed by atoms with Crippen molar-refractivity contribution in [1.29, 1.82) is 0 Å². The standard InChI is InChI=1S/C11H10BrF2N3/c1-11(13,14)6-16-10-15-5-7-3-2-4-8(12)9(7)17-10/h2-5H,6H2,1H3,(H,15,16,17). The fraction of sp³-hybridized carbons (Fsp3) is 0.273. The van der Waals surface area contributed by atoms with Gasteiger partial charge in [-0.2, -0.15) is 0 Å². The van der Waals surface area contributed by atoms with Gasteiger partial charge in [0.25, 0.3) is 5.92 Å². The summed E-state index contributed by atoms with van der Waals surface area (Å²) in [5.74, 6) is -2.59. The number of benzene rings is 1. The van der Waals surface area contributed by atoms with Crippen molar-refractivity contribution >= 4 is 32.8 Å². The zero-order valence-corrected chi connectivity index (χ0v) is 10.6. The van der Waals surface area contributed by atoms with Crippen LogP contribution in [0.4, 0.5) is 14.7 Å². The van der Waals surface area contributed by atoms with Crippen molar-refractivity contribution in [2.45, 2.75) is 12.8 Å². The van der Waals surface area contributed by atoms with Gasteiger partial charge in [-0.15, -0.1) is 0 Å². The molecule has 0 amide bonds. The molecule has 0 saturated heterocycles. The first-order valence-electron chi connectivity index (χ1n) is 4.99. The molecule has 0 spiro atoms. The van der Waals surface area contributed by atoms with Crippen molar-refractivity contribution in [3.8, 4) is 0 Å². The number of para-hydroxylation sites is 1. The van der Waals surface area contributed by atoms with Crippen LogP contribution < -0.4 is 5.32 Å². The van der Waals surface area contributed by atoms with Gasteiger partial charge in [0.15, 0.2) is 0 Å². The zero-order valence-electron chi connectivity index (χ0n) is 9.04. The molecule has 0 aliphatic heterocycles. The van der Waals surface area contributed by atoms with E-state index in [4.69, 9.17) is 0 Å². The first kappa shape index (κ1) is 12.2. The maximum Gasteiger partial charge on any atom is 0.262 e. The maximum absolute atomic E-state index is 12.7. The Morgan fingerprint density at radius 2 is 2.18 bits per heavy atom. The Bertz CT molecular complexity index is 540. The second-order valence-electron chi connectivity index (χ2n) is 3.80. The lowest BCUT2D eigenvalue weighted by Crippen LogP contribution is -2.23. The monoisotopic (exact) mass is 301 g/mol. The Balaban J connectivity index is 2.28. The number of hydrogen-bond acceptors (Lipinski definition) is 3. The van der Waals surface area contributed by atoms with Crippen LogP contribution in [-0.4, -0.2) is 22.4 Å². The highest BCUT2D eigenvalue weighted by Crippen LogP contribution is 2.22. The summed E-state index contributed by atoms with van der Waals surface area (Å²) in [4.78, 5) is 8.15. The molecule has 0 unspecified atom stereocenters. The highest BCUT2D eigenvalue weighted by molar-refractivity contribution is 9.10. The van der Waals surface area contributed by atoms with Crippen LogP contribution in [0, 0.1) is 0 Å². The van der Waals surface area contributed by atoms with Gasteiger partial charge in [-0.1, -0.05) is 12.1 Å². The average molecular weight is 302 g/mol. The van der Waals surface area contributed by atoms with Gasteiger partial charge in [-0.05, 0) is 22.0 Å². The summed E-state index contributed by atoms with van der Waals surface area (Å²) >= 11 is 3.36. The minimum absolute atomic E-state index is 0.200. The molecular formula is C11H10BrF2N3. The Kier molecular flexibility index (Phi) is 3.24. The Labute approximate surface area is 105 Å². The number of anilines is 1. The molecule has 1 heterocycles. The third-order valence-electron chi connectivity index (χ3n) is 2.12. The molecule has 0 atom stereocenters. The van der Waals surface area contributed by atoms with Gasteiger partial charge >= 0.3 is 0 Å². The van der Waals surface area contributed by atoms with Gasteiger partial charge in [-0.25, -0.2) is 18.7 Å². The number of fused-ring (bicyclic) bond motifs is 1. The summed E-state index contributed by atoms with van der Waals surface area (Å²) in [7, 11) is 0. The van der Waals surface area contributed by atoms with Crippen molar-refractivity contribution in [2.75, 3.05) is 11.9 Å². The van der Waals surface area contributed by atoms with Crippen LogP contribution in [0.25, 0.3) is 10.9 Å². The minimum Gasteiger partial charge on any atom is -0.348 e. The van der Waals surface area contributed by atoms with E-state index in [1.54, 1.807) is 6.20 Å². The molecule has 1 N–H and O–H groups in total. The number of rotatable bonds is 3. The van der Waals surface area contributed by atoms with Crippen LogP contribution >= 0.6 is 15.9 Å². The average Bonchev–Trinajstić information content (AvgIpc) is 2.26. The number of halogens is 3. The van der Waals surface area contributed by atoms with Crippen LogP contribution in [0.2, 0.25) is 0 Å². The van der Waals surface area contributed by atoms with Crippen molar-refractivity contribution in [2.24, 2.45) is 0 Å². The second kappa shape index (κ2) is 4.52. The normalized spacial score (nSPS) is 11.8. The molecule has 1 aromatic heterocycles. The van der Waals surface area contributed by atoms with Gasteiger partial charge in [0.1, 0.15) is 0 Å². The maximum atomic E-state index is 12.7. The largest absolute Gasteiger partial charge is 0.348 e. The van der Waals surface area contributed by atoms with Crippen molar-refractivity contribution in [3.63, 3.8) is 0 Å². The zero-order chi connectivity index (χ0) is 12.5. The summed E-state index contributed by atoms with van der Waals surface area (Å²) in [6, 6.07) is 5.56. The lowest BCUT2D eigenvalue weighted by molar-refractivity contribution is 0.0366. The molecular weight excluding hydrogens is 292 g/mol. The molecule has 0 saturated carbocycles. The molecule has 0 bridgehead atoms. The number of alkyl halides is 2. The Hall–Kier alpha value is -1.30. The van der Waals surface area contributed by atoms with E-state index < -0.39 is 12.5 Å². The van der Waals surface area contributed by atoms with Crippen molar-refractivity contribution in [1.82, 2.24) is 9.97 Å². The van der Waals surface area contributed by atoms with Crippen LogP contribution in [0.1, 0.15) is 6.92 Å². The quantitative estimate of drug-likeness (QED) is 0.943. The first-order valence-corrected chi connectivity index (χ1v) is 5.78. The highest BCUT2D eigenvalue weighted by atomic mass is 79.9. The van der Waals surface area contributed by atoms with Crippen LogP contribution in [0.3, 0.4) is 0 Å². The van der Waals surface area contributed by atoms with E-state index in [0.29, 0.717) is 5.52 Å². The number of nitrogens with one attached hydrogen (secondary N) is 1. The lowest BCUT2D eigenvalue weighted by atomic mass is 10.2. The van der Waals surface area contributed by atoms with E-state index in [9.17, 15) is 8.78 Å². The van der Waals surface area contributed by atoms with Gasteiger partial charge in [0.05, 0.1) is 12.1 Å². The molecule has 6 heteroatoms. The topological polar surface area (TPSA) is 37.8 Å². The van der Waals surface area contributed by atoms with Gasteiger partial charge in [0, 0.05) is 23.0 Å². The van der Waals surface area contributed by atoms with Crippen LogP contribution in [-0.2, 0) is 0 Å². The third-order valence-corrected chi connectivity index (χ3v) is 2.76. The minimum atomic E-state index is -2.79. The van der Waals surface area contributed by atoms with Crippen LogP contribution in [0.15, 0.2) is 28.9 Å². The van der Waals surface area contributed by atoms with E-state index in [-0.39, 0.29) is 5.95 Å². The predicted octanol–water partition coefficient (Wildman–Crippen LogP) is 3.46. The van der Waals surface area contributed by atoms with E-state index in [1.165, 1.54) is 0 Å². The number of nitrogens with zero attached hydrogens (tertiary/aromatic N) is 2. The smallest absolute Gasteiger partial charge is 0.262 e. The van der Waals surface area contributed by atoms with E-state index in [1.807, 2.05) is 18.2 Å². The predicted molar refractivity (Wildman–Crippen MR) is 66.3 cm³/mol. The molecule has 0 aliphatic carbocycles. The van der Waals surface area contributed by atoms with Gasteiger partial charge < -0.3 is 5.32 Å². The van der Waals surface area contributed by atoms with Crippen molar-refractivity contribution in [3.05, 3.63) is 28.9 Å². The highest BCUT2D eigenvalue weighted by Gasteiger charge is 2.20. The van der Waals surface area contributed by atoms with Crippen molar-refractivity contribution < 1.29 is 8.78 Å². The molecule has 2 aromatic rings. The number of hydrogen-bond donors (Lipinski definition) is 1. The Morgan fingerprint density at radius 1 is 1.41 bits per heavy atom. The molecule has 90 valence electrons. The molecule has 17 heavy (non-hydrogen) atoms. The summed E-state index contributed by atoms with van der Waals surface area (Å²) in [5, 5.41) is 3.37. The van der Waals surface area contributed by atoms with E-state index >= 15 is 0 Å². The lowest BCUT2D eigenvalue weighted by Gasteiger charge is -2.11. The molecule has 1 aromatic carbocycles. The SMILES string of the molecule is CC(F)(F)CNc1ncc2cccc(Br)c2n1. The van der Waals surface area contributed by atoms with Gasteiger partial charge in [0.2, 0.25) is 5.95 Å². The third kappa shape index (κ3) is 3.09. The Morgan fingerprint density at radius 3 is 2.88 bits per heavy atom. The fourth-order valence-corrected chi connectivity index (χ4v) is 1.81. The summed E-state index contributed by atoms with van der Waals surface area (Å²) in [6.45, 7) is 0.361. The first-order chi connectivity index (χ1) is 7.96.